The first-order chi connectivity index (χ1) is 9.90. The van der Waals surface area contributed by atoms with Crippen molar-refractivity contribution in [3.8, 4) is 5.75 Å². The first kappa shape index (κ1) is 16.2. The van der Waals surface area contributed by atoms with Crippen LogP contribution in [0.15, 0.2) is 12.1 Å². The molecule has 1 aliphatic rings. The fourth-order valence-electron chi connectivity index (χ4n) is 2.47. The normalized spacial score (nSPS) is 14.4. The zero-order valence-electron chi connectivity index (χ0n) is 13.6. The summed E-state index contributed by atoms with van der Waals surface area (Å²) in [7, 11) is -1.04. The second-order valence-electron chi connectivity index (χ2n) is 6.87. The molecule has 1 aromatic rings. The molecule has 0 heterocycles. The Labute approximate surface area is 128 Å². The van der Waals surface area contributed by atoms with E-state index >= 15 is 0 Å². The van der Waals surface area contributed by atoms with E-state index in [2.05, 4.69) is 26.6 Å². The molecule has 1 aromatic carbocycles. The maximum Gasteiger partial charge on any atom is 0.189 e. The van der Waals surface area contributed by atoms with Crippen LogP contribution in [-0.2, 0) is 17.6 Å². The molecule has 0 spiro atoms. The molecule has 1 aliphatic carbocycles. The zero-order valence-corrected chi connectivity index (χ0v) is 14.6. The molecule has 0 unspecified atom stereocenters. The van der Waals surface area contributed by atoms with E-state index in [-0.39, 0.29) is 5.78 Å². The van der Waals surface area contributed by atoms with Gasteiger partial charge in [-0.2, -0.15) is 0 Å². The molecule has 0 fully saturated rings. The summed E-state index contributed by atoms with van der Waals surface area (Å²) in [6.45, 7) is 10.2. The summed E-state index contributed by atoms with van der Waals surface area (Å²) in [5, 5.41) is 0. The molecule has 21 heavy (non-hydrogen) atoms. The first-order valence-corrected chi connectivity index (χ1v) is 11.5. The number of aryl methyl sites for hydroxylation is 2. The lowest BCUT2D eigenvalue weighted by molar-refractivity contribution is 0.0215. The largest absolute Gasteiger partial charge is 0.467 e. The van der Waals surface area contributed by atoms with Gasteiger partial charge in [0, 0.05) is 26.7 Å². The number of carbonyl (C=O) groups excluding carboxylic acids is 1. The Kier molecular flexibility index (Phi) is 5.22. The van der Waals surface area contributed by atoms with E-state index in [9.17, 15) is 4.79 Å². The minimum Gasteiger partial charge on any atom is -0.467 e. The highest BCUT2D eigenvalue weighted by molar-refractivity contribution is 6.76. The highest BCUT2D eigenvalue weighted by Gasteiger charge is 2.21. The third-order valence-electron chi connectivity index (χ3n) is 3.88. The molecule has 4 heteroatoms. The summed E-state index contributed by atoms with van der Waals surface area (Å²) in [4.78, 5) is 11.8. The Balaban J connectivity index is 1.93. The third-order valence-corrected chi connectivity index (χ3v) is 5.59. The Morgan fingerprint density at radius 2 is 1.95 bits per heavy atom. The Morgan fingerprint density at radius 1 is 1.19 bits per heavy atom. The standard InChI is InChI=1S/C17H26O3Si/c1-5-13-10-15-14(6-7-16(15)18)11-17(13)20-12-19-8-9-21(2,3)4/h10-11H,5-9,12H2,1-4H3. The predicted molar refractivity (Wildman–Crippen MR) is 88.1 cm³/mol. The van der Waals surface area contributed by atoms with Gasteiger partial charge in [0.15, 0.2) is 12.6 Å². The number of ether oxygens (including phenoxy) is 2. The zero-order chi connectivity index (χ0) is 15.5. The maximum absolute atomic E-state index is 11.8. The quantitative estimate of drug-likeness (QED) is 0.433. The molecular formula is C17H26O3Si. The third kappa shape index (κ3) is 4.42. The van der Waals surface area contributed by atoms with E-state index in [0.717, 1.165) is 47.9 Å². The highest BCUT2D eigenvalue weighted by Crippen LogP contribution is 2.30. The van der Waals surface area contributed by atoms with Gasteiger partial charge in [0.2, 0.25) is 0 Å². The number of fused-ring (bicyclic) bond motifs is 1. The van der Waals surface area contributed by atoms with Gasteiger partial charge in [-0.1, -0.05) is 26.6 Å². The fraction of sp³-hybridized carbons (Fsp3) is 0.588. The smallest absolute Gasteiger partial charge is 0.189 e. The summed E-state index contributed by atoms with van der Waals surface area (Å²) in [5.74, 6) is 1.14. The van der Waals surface area contributed by atoms with Crippen molar-refractivity contribution in [3.05, 3.63) is 28.8 Å². The van der Waals surface area contributed by atoms with Gasteiger partial charge in [0.25, 0.3) is 0 Å². The van der Waals surface area contributed by atoms with Crippen LogP contribution in [0.2, 0.25) is 25.7 Å². The Hall–Kier alpha value is -1.13. The van der Waals surface area contributed by atoms with Crippen molar-refractivity contribution in [1.29, 1.82) is 0 Å². The van der Waals surface area contributed by atoms with Crippen LogP contribution in [0, 0.1) is 0 Å². The average Bonchev–Trinajstić information content (AvgIpc) is 2.77. The van der Waals surface area contributed by atoms with Crippen LogP contribution in [0.25, 0.3) is 0 Å². The number of ketones is 1. The monoisotopic (exact) mass is 306 g/mol. The molecule has 0 radical (unpaired) electrons. The minimum atomic E-state index is -1.04. The number of hydrogen-bond acceptors (Lipinski definition) is 3. The van der Waals surface area contributed by atoms with Crippen LogP contribution in [0.4, 0.5) is 0 Å². The van der Waals surface area contributed by atoms with Crippen LogP contribution in [0.5, 0.6) is 5.75 Å². The second kappa shape index (κ2) is 6.75. The number of rotatable bonds is 7. The molecule has 2 rings (SSSR count). The molecule has 0 amide bonds. The second-order valence-corrected chi connectivity index (χ2v) is 12.5. The van der Waals surface area contributed by atoms with Crippen LogP contribution >= 0.6 is 0 Å². The van der Waals surface area contributed by atoms with Gasteiger partial charge in [0.1, 0.15) is 5.75 Å². The maximum atomic E-state index is 11.8. The molecule has 0 aromatic heterocycles. The molecule has 0 saturated carbocycles. The molecule has 0 aliphatic heterocycles. The summed E-state index contributed by atoms with van der Waals surface area (Å²) < 4.78 is 11.4. The van der Waals surface area contributed by atoms with E-state index in [1.54, 1.807) is 0 Å². The Morgan fingerprint density at radius 3 is 2.62 bits per heavy atom. The van der Waals surface area contributed by atoms with E-state index in [0.29, 0.717) is 13.2 Å². The van der Waals surface area contributed by atoms with Gasteiger partial charge in [0.05, 0.1) is 0 Å². The van der Waals surface area contributed by atoms with E-state index in [4.69, 9.17) is 9.47 Å². The lowest BCUT2D eigenvalue weighted by atomic mass is 10.0. The van der Waals surface area contributed by atoms with Crippen LogP contribution in [-0.4, -0.2) is 27.3 Å². The lowest BCUT2D eigenvalue weighted by Crippen LogP contribution is -2.22. The summed E-state index contributed by atoms with van der Waals surface area (Å²) in [6.07, 6.45) is 2.34. The van der Waals surface area contributed by atoms with Crippen LogP contribution in [0.1, 0.15) is 34.8 Å². The van der Waals surface area contributed by atoms with Crippen molar-refractivity contribution >= 4 is 13.9 Å². The summed E-state index contributed by atoms with van der Waals surface area (Å²) in [5.41, 5.74) is 3.10. The van der Waals surface area contributed by atoms with Crippen molar-refractivity contribution < 1.29 is 14.3 Å². The van der Waals surface area contributed by atoms with E-state index < -0.39 is 8.07 Å². The van der Waals surface area contributed by atoms with Gasteiger partial charge in [-0.25, -0.2) is 0 Å². The molecule has 0 saturated heterocycles. The fourth-order valence-corrected chi connectivity index (χ4v) is 3.23. The van der Waals surface area contributed by atoms with E-state index in [1.165, 1.54) is 0 Å². The molecule has 0 atom stereocenters. The average molecular weight is 306 g/mol. The van der Waals surface area contributed by atoms with Gasteiger partial charge in [-0.15, -0.1) is 0 Å². The van der Waals surface area contributed by atoms with Crippen molar-refractivity contribution in [3.63, 3.8) is 0 Å². The molecule has 3 nitrogen and oxygen atoms in total. The summed E-state index contributed by atoms with van der Waals surface area (Å²) >= 11 is 0. The van der Waals surface area contributed by atoms with Gasteiger partial charge >= 0.3 is 0 Å². The van der Waals surface area contributed by atoms with Crippen molar-refractivity contribution in [2.75, 3.05) is 13.4 Å². The number of carbonyl (C=O) groups is 1. The minimum absolute atomic E-state index is 0.262. The van der Waals surface area contributed by atoms with Crippen LogP contribution < -0.4 is 4.74 Å². The lowest BCUT2D eigenvalue weighted by Gasteiger charge is -2.16. The Bertz CT molecular complexity index is 518. The van der Waals surface area contributed by atoms with Gasteiger partial charge < -0.3 is 9.47 Å². The molecule has 0 N–H and O–H groups in total. The SMILES string of the molecule is CCc1cc2c(cc1OCOCC[Si](C)(C)C)CCC2=O. The van der Waals surface area contributed by atoms with Gasteiger partial charge in [-0.05, 0) is 42.1 Å². The predicted octanol–water partition coefficient (Wildman–Crippen LogP) is 4.07. The highest BCUT2D eigenvalue weighted by atomic mass is 28.3. The van der Waals surface area contributed by atoms with Crippen LogP contribution in [0.3, 0.4) is 0 Å². The van der Waals surface area contributed by atoms with Gasteiger partial charge in [-0.3, -0.25) is 4.79 Å². The molecule has 0 bridgehead atoms. The molecular weight excluding hydrogens is 280 g/mol. The number of benzene rings is 1. The topological polar surface area (TPSA) is 35.5 Å². The number of Topliss-reactive ketones (excluding diaryl/α,β-unsaturated/α-hetero) is 1. The first-order valence-electron chi connectivity index (χ1n) is 7.80. The van der Waals surface area contributed by atoms with E-state index in [1.807, 2.05) is 12.1 Å². The van der Waals surface area contributed by atoms with Crippen molar-refractivity contribution in [1.82, 2.24) is 0 Å². The van der Waals surface area contributed by atoms with Crippen molar-refractivity contribution in [2.45, 2.75) is 51.9 Å². The van der Waals surface area contributed by atoms with Crippen molar-refractivity contribution in [2.24, 2.45) is 0 Å². The summed E-state index contributed by atoms with van der Waals surface area (Å²) in [6, 6.07) is 5.18. The number of hydrogen-bond donors (Lipinski definition) is 0. The molecule has 116 valence electrons.